The monoisotopic (exact) mass is 595 g/mol. The number of anilines is 1. The van der Waals surface area contributed by atoms with Crippen molar-refractivity contribution in [3.63, 3.8) is 0 Å². The van der Waals surface area contributed by atoms with E-state index in [9.17, 15) is 23.5 Å². The van der Waals surface area contributed by atoms with E-state index in [1.807, 2.05) is 37.4 Å². The molecule has 3 fully saturated rings. The van der Waals surface area contributed by atoms with Crippen molar-refractivity contribution >= 4 is 28.3 Å². The number of carbonyl (C=O) groups excluding carboxylic acids is 1. The van der Waals surface area contributed by atoms with Gasteiger partial charge in [-0.05, 0) is 73.9 Å². The van der Waals surface area contributed by atoms with Crippen molar-refractivity contribution < 1.29 is 28.2 Å². The number of aryl methyl sites for hydroxylation is 2. The maximum absolute atomic E-state index is 13.5. The van der Waals surface area contributed by atoms with Gasteiger partial charge in [0, 0.05) is 55.5 Å². The lowest BCUT2D eigenvalue weighted by molar-refractivity contribution is -0.144. The van der Waals surface area contributed by atoms with Crippen LogP contribution in [0.1, 0.15) is 52.7 Å². The molecule has 2 saturated heterocycles. The van der Waals surface area contributed by atoms with Gasteiger partial charge in [0.1, 0.15) is 12.4 Å². The summed E-state index contributed by atoms with van der Waals surface area (Å²) in [5.41, 5.74) is 5.12. The number of hydrogen-bond acceptors (Lipinski definition) is 6. The molecule has 3 aromatic rings. The second kappa shape index (κ2) is 11.3. The molecule has 2 atom stereocenters. The summed E-state index contributed by atoms with van der Waals surface area (Å²) in [4.78, 5) is 33.4. The van der Waals surface area contributed by atoms with Crippen LogP contribution in [0, 0.1) is 31.6 Å². The standard InChI is InChI=1S/C32H35F2N3O4S/c1-19-3-8-27(41-17-24-7-4-21(14-20(24)2)29(38)36-11-9-32(33,34)10-12-36)25(13-19)26-18-42-31(35-26)37-15-22-5-6-23(16-37)28(22)30(39)40/h3-4,7-8,13-14,18,22-23,28H,5-6,9-12,15-17H2,1-2H3,(H,39,40). The van der Waals surface area contributed by atoms with Crippen molar-refractivity contribution in [3.8, 4) is 17.0 Å². The molecule has 2 bridgehead atoms. The number of fused-ring (bicyclic) bond motifs is 2. The molecule has 42 heavy (non-hydrogen) atoms. The molecule has 10 heteroatoms. The van der Waals surface area contributed by atoms with Crippen LogP contribution in [-0.4, -0.2) is 59.0 Å². The molecule has 2 aliphatic heterocycles. The average Bonchev–Trinajstić information content (AvgIpc) is 3.55. The Morgan fingerprint density at radius 2 is 1.79 bits per heavy atom. The third-order valence-corrected chi connectivity index (χ3v) is 9.95. The first-order chi connectivity index (χ1) is 20.1. The topological polar surface area (TPSA) is 83.0 Å². The lowest BCUT2D eigenvalue weighted by Crippen LogP contribution is -2.44. The predicted octanol–water partition coefficient (Wildman–Crippen LogP) is 6.42. The Balaban J connectivity index is 1.14. The fourth-order valence-electron chi connectivity index (χ4n) is 6.65. The highest BCUT2D eigenvalue weighted by Crippen LogP contribution is 2.44. The van der Waals surface area contributed by atoms with E-state index in [0.717, 1.165) is 59.0 Å². The van der Waals surface area contributed by atoms with Crippen molar-refractivity contribution in [2.24, 2.45) is 17.8 Å². The van der Waals surface area contributed by atoms with Crippen molar-refractivity contribution in [3.05, 3.63) is 64.0 Å². The Labute approximate surface area is 248 Å². The molecular weight excluding hydrogens is 560 g/mol. The molecule has 7 nitrogen and oxygen atoms in total. The van der Waals surface area contributed by atoms with Crippen LogP contribution in [0.3, 0.4) is 0 Å². The van der Waals surface area contributed by atoms with E-state index >= 15 is 0 Å². The van der Waals surface area contributed by atoms with E-state index in [1.54, 1.807) is 23.5 Å². The van der Waals surface area contributed by atoms with Crippen LogP contribution in [0.2, 0.25) is 0 Å². The van der Waals surface area contributed by atoms with E-state index in [-0.39, 0.29) is 49.6 Å². The summed E-state index contributed by atoms with van der Waals surface area (Å²) in [6.07, 6.45) is 1.32. The maximum atomic E-state index is 13.5. The third-order valence-electron chi connectivity index (χ3n) is 9.05. The van der Waals surface area contributed by atoms with Gasteiger partial charge in [-0.1, -0.05) is 17.7 Å². The Bertz CT molecular complexity index is 1480. The highest BCUT2D eigenvalue weighted by Gasteiger charge is 2.46. The zero-order chi connectivity index (χ0) is 29.6. The quantitative estimate of drug-likeness (QED) is 0.339. The van der Waals surface area contributed by atoms with Gasteiger partial charge >= 0.3 is 5.97 Å². The molecule has 2 unspecified atom stereocenters. The molecule has 1 amide bonds. The van der Waals surface area contributed by atoms with Crippen LogP contribution >= 0.6 is 11.3 Å². The second-order valence-corrected chi connectivity index (χ2v) is 12.8. The van der Waals surface area contributed by atoms with Crippen LogP contribution in [0.25, 0.3) is 11.3 Å². The van der Waals surface area contributed by atoms with Gasteiger partial charge in [-0.15, -0.1) is 11.3 Å². The van der Waals surface area contributed by atoms with Gasteiger partial charge in [-0.3, -0.25) is 9.59 Å². The Morgan fingerprint density at radius 1 is 1.07 bits per heavy atom. The third kappa shape index (κ3) is 5.73. The van der Waals surface area contributed by atoms with Gasteiger partial charge < -0.3 is 19.6 Å². The summed E-state index contributed by atoms with van der Waals surface area (Å²) >= 11 is 1.57. The molecule has 222 valence electrons. The number of ether oxygens (including phenoxy) is 1. The smallest absolute Gasteiger partial charge is 0.307 e. The molecule has 1 N–H and O–H groups in total. The van der Waals surface area contributed by atoms with Crippen LogP contribution in [0.5, 0.6) is 5.75 Å². The van der Waals surface area contributed by atoms with E-state index in [1.165, 1.54) is 4.90 Å². The highest BCUT2D eigenvalue weighted by molar-refractivity contribution is 7.14. The van der Waals surface area contributed by atoms with Gasteiger partial charge in [0.2, 0.25) is 0 Å². The number of piperidine rings is 2. The number of rotatable bonds is 7. The van der Waals surface area contributed by atoms with Gasteiger partial charge in [0.05, 0.1) is 11.6 Å². The molecular formula is C32H35F2N3O4S. The summed E-state index contributed by atoms with van der Waals surface area (Å²) in [5, 5.41) is 12.6. The van der Waals surface area contributed by atoms with Crippen LogP contribution in [0.15, 0.2) is 41.8 Å². The minimum absolute atomic E-state index is 0.0616. The van der Waals surface area contributed by atoms with Crippen LogP contribution in [0.4, 0.5) is 13.9 Å². The summed E-state index contributed by atoms with van der Waals surface area (Å²) in [7, 11) is 0. The molecule has 0 spiro atoms. The minimum atomic E-state index is -2.69. The molecule has 3 heterocycles. The summed E-state index contributed by atoms with van der Waals surface area (Å²) in [5.74, 6) is -2.79. The van der Waals surface area contributed by atoms with Gasteiger partial charge in [-0.25, -0.2) is 13.8 Å². The van der Waals surface area contributed by atoms with Crippen molar-refractivity contribution in [2.45, 2.75) is 52.1 Å². The Hall–Kier alpha value is -3.53. The van der Waals surface area contributed by atoms with Crippen molar-refractivity contribution in [1.82, 2.24) is 9.88 Å². The van der Waals surface area contributed by atoms with Crippen molar-refractivity contribution in [1.29, 1.82) is 0 Å². The Kier molecular flexibility index (Phi) is 7.68. The number of aliphatic carboxylic acids is 1. The number of carbonyl (C=O) groups is 2. The minimum Gasteiger partial charge on any atom is -0.488 e. The number of alkyl halides is 2. The lowest BCUT2D eigenvalue weighted by Gasteiger charge is -2.35. The Morgan fingerprint density at radius 3 is 2.45 bits per heavy atom. The van der Waals surface area contributed by atoms with Crippen LogP contribution in [-0.2, 0) is 11.4 Å². The number of carboxylic acids is 1. The number of carboxylic acid groups (broad SMARTS) is 1. The zero-order valence-corrected chi connectivity index (χ0v) is 24.6. The maximum Gasteiger partial charge on any atom is 0.307 e. The number of benzene rings is 2. The molecule has 1 saturated carbocycles. The lowest BCUT2D eigenvalue weighted by atomic mass is 9.85. The van der Waals surface area contributed by atoms with Crippen LogP contribution < -0.4 is 9.64 Å². The number of nitrogens with zero attached hydrogens (tertiary/aromatic N) is 3. The normalized spacial score (nSPS) is 23.2. The molecule has 1 aromatic heterocycles. The van der Waals surface area contributed by atoms with E-state index in [2.05, 4.69) is 11.0 Å². The van der Waals surface area contributed by atoms with Gasteiger partial charge in [0.15, 0.2) is 5.13 Å². The summed E-state index contributed by atoms with van der Waals surface area (Å²) in [6, 6.07) is 11.4. The largest absolute Gasteiger partial charge is 0.488 e. The highest BCUT2D eigenvalue weighted by atomic mass is 32.1. The predicted molar refractivity (Wildman–Crippen MR) is 157 cm³/mol. The fourth-order valence-corrected chi connectivity index (χ4v) is 7.50. The number of hydrogen-bond donors (Lipinski definition) is 1. The second-order valence-electron chi connectivity index (χ2n) is 12.0. The summed E-state index contributed by atoms with van der Waals surface area (Å²) < 4.78 is 33.3. The molecule has 6 rings (SSSR count). The first kappa shape index (κ1) is 28.6. The van der Waals surface area contributed by atoms with E-state index < -0.39 is 11.9 Å². The van der Waals surface area contributed by atoms with Gasteiger partial charge in [-0.2, -0.15) is 0 Å². The SMILES string of the molecule is Cc1ccc(OCc2ccc(C(=O)N3CCC(F)(F)CC3)cc2C)c(-c2csc(N3CC4CCC(C3)C4C(=O)O)n2)c1. The molecule has 1 aliphatic carbocycles. The fraction of sp³-hybridized carbons (Fsp3) is 0.469. The molecule has 2 aromatic carbocycles. The summed E-state index contributed by atoms with van der Waals surface area (Å²) in [6.45, 7) is 5.81. The number of aromatic nitrogens is 1. The number of halogens is 2. The molecule has 0 radical (unpaired) electrons. The van der Waals surface area contributed by atoms with E-state index in [4.69, 9.17) is 9.72 Å². The molecule has 3 aliphatic rings. The zero-order valence-electron chi connectivity index (χ0n) is 23.8. The first-order valence-corrected chi connectivity index (χ1v) is 15.4. The number of amides is 1. The number of thiazole rings is 1. The van der Waals surface area contributed by atoms with E-state index in [0.29, 0.717) is 17.9 Å². The average molecular weight is 596 g/mol. The number of likely N-dealkylation sites (tertiary alicyclic amines) is 1. The van der Waals surface area contributed by atoms with Gasteiger partial charge in [0.25, 0.3) is 11.8 Å². The first-order valence-electron chi connectivity index (χ1n) is 14.5. The van der Waals surface area contributed by atoms with Crippen molar-refractivity contribution in [2.75, 3.05) is 31.1 Å².